The van der Waals surface area contributed by atoms with Crippen LogP contribution in [0.1, 0.15) is 137 Å². The van der Waals surface area contributed by atoms with E-state index in [0.29, 0.717) is 50.9 Å². The number of ether oxygens (including phenoxy) is 2. The molecule has 258 valence electrons. The molecule has 4 fully saturated rings. The molecule has 6 aliphatic rings. The quantitative estimate of drug-likeness (QED) is 0.272. The smallest absolute Gasteiger partial charge is 0.340 e. The van der Waals surface area contributed by atoms with E-state index in [0.717, 1.165) is 53.6 Å². The van der Waals surface area contributed by atoms with Gasteiger partial charge in [0.1, 0.15) is 23.0 Å². The summed E-state index contributed by atoms with van der Waals surface area (Å²) in [5, 5.41) is 20.7. The van der Waals surface area contributed by atoms with Crippen molar-refractivity contribution < 1.29 is 24.5 Å². The molecule has 3 aromatic carbocycles. The molecule has 9 rings (SSSR count). The van der Waals surface area contributed by atoms with Gasteiger partial charge in [-0.2, -0.15) is 0 Å². The molecule has 2 N–H and O–H groups in total. The van der Waals surface area contributed by atoms with Crippen LogP contribution in [0, 0.1) is 46.3 Å². The summed E-state index contributed by atoms with van der Waals surface area (Å²) in [5.41, 5.74) is 3.69. The number of carbonyl (C=O) groups excluding carboxylic acids is 1. The molecule has 5 heteroatoms. The number of aromatic hydroxyl groups is 2. The van der Waals surface area contributed by atoms with Gasteiger partial charge in [-0.25, -0.2) is 4.79 Å². The maximum Gasteiger partial charge on any atom is 0.340 e. The highest BCUT2D eigenvalue weighted by molar-refractivity contribution is 5.98. The first-order valence-corrected chi connectivity index (χ1v) is 19.3. The number of phenolic OH excluding ortho intramolecular Hbond substituents is 2. The van der Waals surface area contributed by atoms with Crippen molar-refractivity contribution in [2.24, 2.45) is 46.3 Å². The predicted octanol–water partition coefficient (Wildman–Crippen LogP) is 10.8. The third-order valence-electron chi connectivity index (χ3n) is 15.4. The minimum atomic E-state index is -1.21. The van der Waals surface area contributed by atoms with Gasteiger partial charge >= 0.3 is 5.97 Å². The van der Waals surface area contributed by atoms with Crippen LogP contribution >= 0.6 is 0 Å². The Balaban J connectivity index is 1.04. The van der Waals surface area contributed by atoms with E-state index < -0.39 is 5.60 Å². The Morgan fingerprint density at radius 1 is 0.816 bits per heavy atom. The minimum absolute atomic E-state index is 0.0668. The van der Waals surface area contributed by atoms with Gasteiger partial charge < -0.3 is 19.7 Å². The Bertz CT molecular complexity index is 1780. The van der Waals surface area contributed by atoms with Crippen molar-refractivity contribution in [3.63, 3.8) is 0 Å². The minimum Gasteiger partial charge on any atom is -0.508 e. The van der Waals surface area contributed by atoms with Gasteiger partial charge in [-0.15, -0.1) is 0 Å². The zero-order valence-corrected chi connectivity index (χ0v) is 29.6. The van der Waals surface area contributed by atoms with Gasteiger partial charge in [0.15, 0.2) is 5.60 Å². The van der Waals surface area contributed by atoms with E-state index in [1.807, 2.05) is 6.07 Å². The van der Waals surface area contributed by atoms with Gasteiger partial charge in [-0.3, -0.25) is 0 Å². The molecule has 5 nitrogen and oxygen atoms in total. The average molecular weight is 661 g/mol. The fourth-order valence-electron chi connectivity index (χ4n) is 13.3. The van der Waals surface area contributed by atoms with Gasteiger partial charge in [0.2, 0.25) is 0 Å². The summed E-state index contributed by atoms with van der Waals surface area (Å²) in [6.45, 7) is 10.2. The van der Waals surface area contributed by atoms with Gasteiger partial charge in [-0.05, 0) is 140 Å². The van der Waals surface area contributed by atoms with Crippen molar-refractivity contribution in [2.75, 3.05) is 0 Å². The Hall–Kier alpha value is -3.47. The zero-order chi connectivity index (χ0) is 33.9. The Morgan fingerprint density at radius 3 is 2.22 bits per heavy atom. The molecule has 4 aliphatic carbocycles. The summed E-state index contributed by atoms with van der Waals surface area (Å²) in [4.78, 5) is 14.2. The van der Waals surface area contributed by atoms with Gasteiger partial charge in [0.05, 0.1) is 5.56 Å². The molecule has 1 spiro atoms. The number of hydrogen-bond acceptors (Lipinski definition) is 5. The van der Waals surface area contributed by atoms with E-state index >= 15 is 0 Å². The van der Waals surface area contributed by atoms with Crippen LogP contribution in [-0.4, -0.2) is 16.2 Å². The zero-order valence-electron chi connectivity index (χ0n) is 29.6. The van der Waals surface area contributed by atoms with E-state index in [9.17, 15) is 15.0 Å². The van der Waals surface area contributed by atoms with Gasteiger partial charge in [0.25, 0.3) is 0 Å². The maximum atomic E-state index is 14.2. The van der Waals surface area contributed by atoms with E-state index in [-0.39, 0.29) is 17.5 Å². The molecule has 0 bridgehead atoms. The van der Waals surface area contributed by atoms with Crippen LogP contribution in [0.5, 0.6) is 23.0 Å². The predicted molar refractivity (Wildman–Crippen MR) is 190 cm³/mol. The molecular weight excluding hydrogens is 608 g/mol. The van der Waals surface area contributed by atoms with Gasteiger partial charge in [-0.1, -0.05) is 58.7 Å². The first-order valence-electron chi connectivity index (χ1n) is 19.3. The van der Waals surface area contributed by atoms with Crippen LogP contribution in [0.2, 0.25) is 0 Å². The Kier molecular flexibility index (Phi) is 7.08. The van der Waals surface area contributed by atoms with Crippen molar-refractivity contribution in [3.8, 4) is 23.0 Å². The van der Waals surface area contributed by atoms with Crippen LogP contribution in [0.15, 0.2) is 54.6 Å². The number of fused-ring (bicyclic) bond motifs is 11. The second kappa shape index (κ2) is 11.0. The molecule has 0 radical (unpaired) electrons. The molecule has 0 amide bonds. The summed E-state index contributed by atoms with van der Waals surface area (Å²) in [6.07, 6.45) is 14.5. The number of rotatable bonds is 4. The second-order valence-corrected chi connectivity index (χ2v) is 17.4. The lowest BCUT2D eigenvalue weighted by atomic mass is 9.43. The van der Waals surface area contributed by atoms with Crippen molar-refractivity contribution >= 4 is 5.97 Å². The summed E-state index contributed by atoms with van der Waals surface area (Å²) in [7, 11) is 0. The summed E-state index contributed by atoms with van der Waals surface area (Å²) < 4.78 is 12.7. The topological polar surface area (TPSA) is 76.0 Å². The molecule has 5 unspecified atom stereocenters. The first-order chi connectivity index (χ1) is 23.6. The fourth-order valence-corrected chi connectivity index (χ4v) is 13.3. The molecular formula is C44H52O5. The van der Waals surface area contributed by atoms with E-state index in [4.69, 9.17) is 9.47 Å². The van der Waals surface area contributed by atoms with E-state index in [2.05, 4.69) is 39.8 Å². The highest BCUT2D eigenvalue weighted by atomic mass is 16.6. The molecule has 0 saturated heterocycles. The third-order valence-corrected chi connectivity index (χ3v) is 15.4. The highest BCUT2D eigenvalue weighted by Crippen LogP contribution is 2.69. The Labute approximate surface area is 291 Å². The maximum absolute atomic E-state index is 14.2. The molecule has 0 aromatic heterocycles. The molecule has 2 aliphatic heterocycles. The lowest BCUT2D eigenvalue weighted by molar-refractivity contribution is -0.117. The average Bonchev–Trinajstić information content (AvgIpc) is 3.59. The third kappa shape index (κ3) is 4.32. The lowest BCUT2D eigenvalue weighted by Gasteiger charge is -2.61. The number of esters is 1. The first kappa shape index (κ1) is 31.5. The molecule has 49 heavy (non-hydrogen) atoms. The molecule has 4 saturated carbocycles. The summed E-state index contributed by atoms with van der Waals surface area (Å²) in [5.74, 6) is 5.99. The van der Waals surface area contributed by atoms with Crippen molar-refractivity contribution in [1.82, 2.24) is 0 Å². The van der Waals surface area contributed by atoms with Crippen LogP contribution < -0.4 is 4.74 Å². The van der Waals surface area contributed by atoms with E-state index in [1.54, 1.807) is 36.4 Å². The summed E-state index contributed by atoms with van der Waals surface area (Å²) in [6, 6.07) is 16.2. The molecule has 2 heterocycles. The number of benzene rings is 3. The van der Waals surface area contributed by atoms with Crippen LogP contribution in [0.3, 0.4) is 0 Å². The van der Waals surface area contributed by atoms with Gasteiger partial charge in [0, 0.05) is 28.8 Å². The van der Waals surface area contributed by atoms with Crippen molar-refractivity contribution in [2.45, 2.75) is 110 Å². The number of hydrogen-bond donors (Lipinski definition) is 2. The fraction of sp³-hybridized carbons (Fsp3) is 0.568. The van der Waals surface area contributed by atoms with Crippen LogP contribution in [0.25, 0.3) is 0 Å². The largest absolute Gasteiger partial charge is 0.508 e. The number of phenols is 2. The highest BCUT2D eigenvalue weighted by Gasteiger charge is 2.61. The Morgan fingerprint density at radius 2 is 1.51 bits per heavy atom. The normalized spacial score (nSPS) is 35.6. The van der Waals surface area contributed by atoms with Crippen LogP contribution in [-0.2, 0) is 10.3 Å². The summed E-state index contributed by atoms with van der Waals surface area (Å²) >= 11 is 0. The molecule has 9 atom stereocenters. The lowest BCUT2D eigenvalue weighted by Crippen LogP contribution is -2.53. The standard InChI is InChI=1S/C44H52O5/c1-5-7-25(2)32-16-17-33-31-13-10-27-22-26(18-20-42(27,3)34(31)19-21-43(32,33)4)30-8-6-9-37-40(30)41(47)49-44(37)35-14-11-28(45)23-38(35)48-39-24-29(46)12-15-36(39)44/h6,8-9,11-12,14-15,23-27,31-34,45-46H,5,7,10,13,16-22H2,1-4H3/t25-,26?,27?,31?,32-,33?,34?,42+,43-/m1/s1. The monoisotopic (exact) mass is 660 g/mol. The van der Waals surface area contributed by atoms with Crippen molar-refractivity contribution in [1.29, 1.82) is 0 Å². The van der Waals surface area contributed by atoms with Crippen molar-refractivity contribution in [3.05, 3.63) is 82.4 Å². The number of carbonyl (C=O) groups is 1. The van der Waals surface area contributed by atoms with Crippen LogP contribution in [0.4, 0.5) is 0 Å². The molecule has 3 aromatic rings. The SMILES string of the molecule is CCC[C@@H](C)[C@H]1CCC2C3CCC4CC(c5cccc6c5C(=O)OC65c6ccc(O)cc6Oc6cc(O)ccc65)CC[C@]4(C)C3CC[C@@]21C. The second-order valence-electron chi connectivity index (χ2n) is 17.4. The van der Waals surface area contributed by atoms with E-state index in [1.165, 1.54) is 57.8 Å².